The van der Waals surface area contributed by atoms with Crippen LogP contribution < -0.4 is 5.43 Å². The van der Waals surface area contributed by atoms with E-state index < -0.39 is 18.2 Å². The lowest BCUT2D eigenvalue weighted by atomic mass is 10.1. The van der Waals surface area contributed by atoms with Gasteiger partial charge in [0.25, 0.3) is 0 Å². The third-order valence-corrected chi connectivity index (χ3v) is 5.27. The highest BCUT2D eigenvalue weighted by Gasteiger charge is 2.27. The summed E-state index contributed by atoms with van der Waals surface area (Å²) in [4.78, 5) is 38.9. The van der Waals surface area contributed by atoms with Crippen LogP contribution in [0.5, 0.6) is 0 Å². The summed E-state index contributed by atoms with van der Waals surface area (Å²) in [7, 11) is 1.53. The fourth-order valence-electron chi connectivity index (χ4n) is 3.30. The molecule has 182 valence electrons. The standard InChI is InChI=1S/C25H31N3O6/c1-27(13-12-23(29)26-28-14-16-32-17-15-28)25(31)34-22(18-20-8-4-2-5-9-20)24(30)33-19-21-10-6-3-7-11-21/h2-11,22H,12-19H2,1H3,(H,26,29)/t22-/m0/s1. The Morgan fingerprint density at radius 1 is 1.00 bits per heavy atom. The van der Waals surface area contributed by atoms with Gasteiger partial charge in [0.2, 0.25) is 12.0 Å². The molecule has 2 aromatic carbocycles. The van der Waals surface area contributed by atoms with Crippen LogP contribution >= 0.6 is 0 Å². The van der Waals surface area contributed by atoms with E-state index >= 15 is 0 Å². The molecule has 1 aliphatic heterocycles. The van der Waals surface area contributed by atoms with Crippen molar-refractivity contribution in [1.29, 1.82) is 0 Å². The first-order chi connectivity index (χ1) is 16.5. The molecule has 0 aromatic heterocycles. The molecular weight excluding hydrogens is 438 g/mol. The van der Waals surface area contributed by atoms with Crippen LogP contribution in [0.3, 0.4) is 0 Å². The Morgan fingerprint density at radius 2 is 1.62 bits per heavy atom. The number of hydrogen-bond acceptors (Lipinski definition) is 7. The van der Waals surface area contributed by atoms with Gasteiger partial charge in [-0.3, -0.25) is 10.2 Å². The van der Waals surface area contributed by atoms with Crippen LogP contribution in [0.1, 0.15) is 17.5 Å². The molecule has 0 bridgehead atoms. The Hall–Kier alpha value is -3.43. The molecule has 1 atom stereocenters. The lowest BCUT2D eigenvalue weighted by Crippen LogP contribution is -2.49. The minimum atomic E-state index is -1.11. The predicted molar refractivity (Wildman–Crippen MR) is 124 cm³/mol. The number of carbonyl (C=O) groups excluding carboxylic acids is 3. The lowest BCUT2D eigenvalue weighted by molar-refractivity contribution is -0.155. The summed E-state index contributed by atoms with van der Waals surface area (Å²) >= 11 is 0. The lowest BCUT2D eigenvalue weighted by Gasteiger charge is -2.27. The molecule has 0 radical (unpaired) electrons. The van der Waals surface area contributed by atoms with Crippen molar-refractivity contribution in [2.45, 2.75) is 25.6 Å². The van der Waals surface area contributed by atoms with Crippen molar-refractivity contribution in [2.24, 2.45) is 0 Å². The quantitative estimate of drug-likeness (QED) is 0.533. The maximum absolute atomic E-state index is 12.8. The Balaban J connectivity index is 1.52. The largest absolute Gasteiger partial charge is 0.458 e. The molecule has 9 nitrogen and oxygen atoms in total. The Kier molecular flexibility index (Phi) is 9.87. The maximum Gasteiger partial charge on any atom is 0.410 e. The van der Waals surface area contributed by atoms with Gasteiger partial charge in [-0.15, -0.1) is 0 Å². The molecule has 3 rings (SSSR count). The second-order valence-electron chi connectivity index (χ2n) is 7.96. The third-order valence-electron chi connectivity index (χ3n) is 5.27. The SMILES string of the molecule is CN(CCC(=O)NN1CCOCC1)C(=O)O[C@@H](Cc1ccccc1)C(=O)OCc1ccccc1. The number of esters is 1. The van der Waals surface area contributed by atoms with E-state index in [0.29, 0.717) is 26.3 Å². The maximum atomic E-state index is 12.8. The fraction of sp³-hybridized carbons (Fsp3) is 0.400. The number of nitrogens with one attached hydrogen (secondary N) is 1. The smallest absolute Gasteiger partial charge is 0.410 e. The molecule has 0 saturated carbocycles. The van der Waals surface area contributed by atoms with Crippen LogP contribution in [-0.4, -0.2) is 73.9 Å². The van der Waals surface area contributed by atoms with E-state index in [0.717, 1.165) is 11.1 Å². The molecular formula is C25H31N3O6. The van der Waals surface area contributed by atoms with Crippen molar-refractivity contribution in [2.75, 3.05) is 39.9 Å². The number of rotatable bonds is 10. The first-order valence-electron chi connectivity index (χ1n) is 11.3. The van der Waals surface area contributed by atoms with Crippen molar-refractivity contribution in [3.63, 3.8) is 0 Å². The van der Waals surface area contributed by atoms with E-state index in [4.69, 9.17) is 14.2 Å². The van der Waals surface area contributed by atoms with Gasteiger partial charge in [0.15, 0.2) is 0 Å². The highest BCUT2D eigenvalue weighted by Crippen LogP contribution is 2.11. The minimum absolute atomic E-state index is 0.0834. The summed E-state index contributed by atoms with van der Waals surface area (Å²) < 4.78 is 16.2. The van der Waals surface area contributed by atoms with Crippen molar-refractivity contribution in [3.05, 3.63) is 71.8 Å². The van der Waals surface area contributed by atoms with E-state index in [1.54, 1.807) is 5.01 Å². The second kappa shape index (κ2) is 13.3. The minimum Gasteiger partial charge on any atom is -0.458 e. The topological polar surface area (TPSA) is 97.4 Å². The normalized spacial score (nSPS) is 14.6. The molecule has 2 amide bonds. The van der Waals surface area contributed by atoms with Gasteiger partial charge in [-0.1, -0.05) is 60.7 Å². The van der Waals surface area contributed by atoms with Crippen LogP contribution in [-0.2, 0) is 36.8 Å². The molecule has 2 aromatic rings. The summed E-state index contributed by atoms with van der Waals surface area (Å²) in [5, 5.41) is 1.79. The van der Waals surface area contributed by atoms with Gasteiger partial charge in [0, 0.05) is 39.5 Å². The first kappa shape index (κ1) is 25.2. The van der Waals surface area contributed by atoms with Crippen LogP contribution in [0.4, 0.5) is 4.79 Å². The van der Waals surface area contributed by atoms with E-state index in [2.05, 4.69) is 5.43 Å². The zero-order valence-electron chi connectivity index (χ0n) is 19.4. The zero-order valence-corrected chi connectivity index (χ0v) is 19.4. The van der Waals surface area contributed by atoms with Crippen LogP contribution in [0, 0.1) is 0 Å². The average Bonchev–Trinajstić information content (AvgIpc) is 2.87. The van der Waals surface area contributed by atoms with E-state index in [1.807, 2.05) is 60.7 Å². The summed E-state index contributed by atoms with van der Waals surface area (Å²) in [5.41, 5.74) is 4.47. The Labute approximate surface area is 199 Å². The van der Waals surface area contributed by atoms with E-state index in [9.17, 15) is 14.4 Å². The first-order valence-corrected chi connectivity index (χ1v) is 11.3. The summed E-state index contributed by atoms with van der Waals surface area (Å²) in [6.45, 7) is 2.60. The number of amides is 2. The van der Waals surface area contributed by atoms with E-state index in [-0.39, 0.29) is 31.9 Å². The Bertz CT molecular complexity index is 919. The highest BCUT2D eigenvalue weighted by atomic mass is 16.6. The average molecular weight is 470 g/mol. The van der Waals surface area contributed by atoms with Gasteiger partial charge in [-0.05, 0) is 11.1 Å². The van der Waals surface area contributed by atoms with Crippen molar-refractivity contribution >= 4 is 18.0 Å². The van der Waals surface area contributed by atoms with Crippen molar-refractivity contribution < 1.29 is 28.6 Å². The molecule has 34 heavy (non-hydrogen) atoms. The predicted octanol–water partition coefficient (Wildman–Crippen LogP) is 2.16. The summed E-state index contributed by atoms with van der Waals surface area (Å²) in [6, 6.07) is 18.6. The molecule has 9 heteroatoms. The van der Waals surface area contributed by atoms with Gasteiger partial charge in [-0.2, -0.15) is 0 Å². The molecule has 0 spiro atoms. The third kappa shape index (κ3) is 8.49. The Morgan fingerprint density at radius 3 is 2.26 bits per heavy atom. The fourth-order valence-corrected chi connectivity index (χ4v) is 3.30. The monoisotopic (exact) mass is 469 g/mol. The van der Waals surface area contributed by atoms with Crippen molar-refractivity contribution in [1.82, 2.24) is 15.3 Å². The van der Waals surface area contributed by atoms with Gasteiger partial charge in [0.05, 0.1) is 13.2 Å². The van der Waals surface area contributed by atoms with Gasteiger partial charge in [0.1, 0.15) is 6.61 Å². The molecule has 1 fully saturated rings. The number of hydrogen-bond donors (Lipinski definition) is 1. The number of ether oxygens (including phenoxy) is 3. The highest BCUT2D eigenvalue weighted by molar-refractivity contribution is 5.80. The summed E-state index contributed by atoms with van der Waals surface area (Å²) in [6.07, 6.45) is -1.52. The molecule has 1 N–H and O–H groups in total. The van der Waals surface area contributed by atoms with Gasteiger partial charge in [-0.25, -0.2) is 14.6 Å². The van der Waals surface area contributed by atoms with Gasteiger partial charge < -0.3 is 19.1 Å². The summed E-state index contributed by atoms with van der Waals surface area (Å²) in [5.74, 6) is -0.829. The molecule has 0 unspecified atom stereocenters. The molecule has 1 aliphatic rings. The number of morpholine rings is 1. The number of carbonyl (C=O) groups is 3. The number of nitrogens with zero attached hydrogens (tertiary/aromatic N) is 2. The molecule has 0 aliphatic carbocycles. The van der Waals surface area contributed by atoms with Crippen LogP contribution in [0.2, 0.25) is 0 Å². The van der Waals surface area contributed by atoms with Crippen LogP contribution in [0.15, 0.2) is 60.7 Å². The van der Waals surface area contributed by atoms with E-state index in [1.165, 1.54) is 11.9 Å². The number of hydrazine groups is 1. The number of benzene rings is 2. The molecule has 1 heterocycles. The van der Waals surface area contributed by atoms with Crippen LogP contribution in [0.25, 0.3) is 0 Å². The van der Waals surface area contributed by atoms with Crippen molar-refractivity contribution in [3.8, 4) is 0 Å². The molecule has 1 saturated heterocycles. The zero-order chi connectivity index (χ0) is 24.2. The second-order valence-corrected chi connectivity index (χ2v) is 7.96. The van der Waals surface area contributed by atoms with Gasteiger partial charge >= 0.3 is 12.1 Å².